The molecule has 0 heterocycles. The third-order valence-electron chi connectivity index (χ3n) is 1.03. The van der Waals surface area contributed by atoms with Crippen molar-refractivity contribution < 1.29 is 4.79 Å². The molecule has 1 rings (SSSR count). The minimum absolute atomic E-state index is 0.0247. The van der Waals surface area contributed by atoms with Gasteiger partial charge in [0.05, 0.1) is 10.8 Å². The number of halogens is 2. The molecule has 3 heteroatoms. The molecule has 0 radical (unpaired) electrons. The van der Waals surface area contributed by atoms with Gasteiger partial charge in [0.25, 0.3) is 0 Å². The van der Waals surface area contributed by atoms with Crippen LogP contribution in [0, 0.1) is 0 Å². The van der Waals surface area contributed by atoms with Crippen LogP contribution in [0.15, 0.2) is 0 Å². The predicted molar refractivity (Wildman–Crippen MR) is 28.9 cm³/mol. The molecular formula is C4H4Cl2O. The molecule has 1 fully saturated rings. The third kappa shape index (κ3) is 0.752. The van der Waals surface area contributed by atoms with E-state index < -0.39 is 0 Å². The second kappa shape index (κ2) is 1.64. The van der Waals surface area contributed by atoms with Crippen LogP contribution in [0.1, 0.15) is 6.42 Å². The van der Waals surface area contributed by atoms with E-state index in [4.69, 9.17) is 23.2 Å². The molecule has 1 saturated carbocycles. The summed E-state index contributed by atoms with van der Waals surface area (Å²) >= 11 is 10.7. The summed E-state index contributed by atoms with van der Waals surface area (Å²) in [5, 5.41) is -0.579. The first-order valence-corrected chi connectivity index (χ1v) is 2.91. The maximum Gasteiger partial charge on any atom is 0.168 e. The molecule has 0 aromatic heterocycles. The molecule has 1 nitrogen and oxygen atoms in total. The lowest BCUT2D eigenvalue weighted by Gasteiger charge is -2.22. The Bertz CT molecular complexity index is 91.9. The topological polar surface area (TPSA) is 17.1 Å². The molecule has 0 aromatic rings. The lowest BCUT2D eigenvalue weighted by atomic mass is 9.97. The number of carbonyl (C=O) groups is 1. The van der Waals surface area contributed by atoms with Crippen LogP contribution in [-0.4, -0.2) is 16.5 Å². The van der Waals surface area contributed by atoms with Gasteiger partial charge in [0, 0.05) is 0 Å². The zero-order valence-electron chi connectivity index (χ0n) is 3.53. The van der Waals surface area contributed by atoms with Crippen molar-refractivity contribution in [3.63, 3.8) is 0 Å². The quantitative estimate of drug-likeness (QED) is 0.460. The van der Waals surface area contributed by atoms with Crippen LogP contribution in [-0.2, 0) is 4.79 Å². The smallest absolute Gasteiger partial charge is 0.168 e. The van der Waals surface area contributed by atoms with Crippen LogP contribution < -0.4 is 0 Å². The van der Waals surface area contributed by atoms with E-state index in [1.54, 1.807) is 0 Å². The number of hydrogen-bond acceptors (Lipinski definition) is 1. The molecule has 40 valence electrons. The highest BCUT2D eigenvalue weighted by molar-refractivity contribution is 6.44. The van der Waals surface area contributed by atoms with Gasteiger partial charge in [-0.25, -0.2) is 0 Å². The summed E-state index contributed by atoms with van der Waals surface area (Å²) in [5.41, 5.74) is 0. The molecule has 0 N–H and O–H groups in total. The lowest BCUT2D eigenvalue weighted by Crippen LogP contribution is -2.38. The number of rotatable bonds is 0. The van der Waals surface area contributed by atoms with E-state index in [2.05, 4.69) is 0 Å². The summed E-state index contributed by atoms with van der Waals surface area (Å²) in [6.45, 7) is 0. The van der Waals surface area contributed by atoms with E-state index >= 15 is 0 Å². The summed E-state index contributed by atoms with van der Waals surface area (Å²) in [4.78, 5) is 10.3. The Kier molecular flexibility index (Phi) is 1.26. The molecular weight excluding hydrogens is 135 g/mol. The van der Waals surface area contributed by atoms with Crippen molar-refractivity contribution in [2.24, 2.45) is 0 Å². The van der Waals surface area contributed by atoms with Crippen molar-refractivity contribution in [1.29, 1.82) is 0 Å². The molecule has 0 saturated heterocycles. The Morgan fingerprint density at radius 1 is 1.43 bits per heavy atom. The summed E-state index contributed by atoms with van der Waals surface area (Å²) in [5.74, 6) is -0.0247. The van der Waals surface area contributed by atoms with Gasteiger partial charge in [0.1, 0.15) is 0 Å². The molecule has 0 bridgehead atoms. The van der Waals surface area contributed by atoms with Crippen molar-refractivity contribution in [2.75, 3.05) is 0 Å². The Hall–Kier alpha value is 0.250. The average molecular weight is 139 g/mol. The van der Waals surface area contributed by atoms with Gasteiger partial charge in [-0.15, -0.1) is 23.2 Å². The van der Waals surface area contributed by atoms with Gasteiger partial charge in [0.15, 0.2) is 5.78 Å². The highest BCUT2D eigenvalue weighted by Gasteiger charge is 2.35. The van der Waals surface area contributed by atoms with E-state index in [-0.39, 0.29) is 16.5 Å². The van der Waals surface area contributed by atoms with Crippen molar-refractivity contribution in [3.05, 3.63) is 0 Å². The monoisotopic (exact) mass is 138 g/mol. The van der Waals surface area contributed by atoms with Gasteiger partial charge in [-0.05, 0) is 6.42 Å². The minimum atomic E-state index is -0.289. The van der Waals surface area contributed by atoms with Crippen molar-refractivity contribution >= 4 is 29.0 Å². The first-order chi connectivity index (χ1) is 3.22. The summed E-state index contributed by atoms with van der Waals surface area (Å²) in [6, 6.07) is 0. The van der Waals surface area contributed by atoms with E-state index in [0.717, 1.165) is 0 Å². The number of alkyl halides is 2. The van der Waals surface area contributed by atoms with Crippen LogP contribution >= 0.6 is 23.2 Å². The van der Waals surface area contributed by atoms with Gasteiger partial charge in [-0.1, -0.05) is 0 Å². The molecule has 0 amide bonds. The van der Waals surface area contributed by atoms with Gasteiger partial charge in [-0.3, -0.25) is 4.79 Å². The first-order valence-electron chi connectivity index (χ1n) is 2.03. The summed E-state index contributed by atoms with van der Waals surface area (Å²) in [7, 11) is 0. The van der Waals surface area contributed by atoms with Crippen molar-refractivity contribution in [1.82, 2.24) is 0 Å². The fourth-order valence-electron chi connectivity index (χ4n) is 0.450. The van der Waals surface area contributed by atoms with Gasteiger partial charge < -0.3 is 0 Å². The van der Waals surface area contributed by atoms with Crippen LogP contribution in [0.25, 0.3) is 0 Å². The maximum absolute atomic E-state index is 10.3. The maximum atomic E-state index is 10.3. The van der Waals surface area contributed by atoms with E-state index in [0.29, 0.717) is 6.42 Å². The lowest BCUT2D eigenvalue weighted by molar-refractivity contribution is -0.122. The highest BCUT2D eigenvalue weighted by Crippen LogP contribution is 2.25. The molecule has 0 aromatic carbocycles. The molecule has 1 aliphatic rings. The van der Waals surface area contributed by atoms with Crippen LogP contribution in [0.2, 0.25) is 0 Å². The number of carbonyl (C=O) groups excluding carboxylic acids is 1. The normalized spacial score (nSPS) is 40.6. The molecule has 2 unspecified atom stereocenters. The standard InChI is InChI=1S/C4H4Cl2O/c5-2-1-3(6)4(2)7/h2-3H,1H2. The second-order valence-electron chi connectivity index (χ2n) is 1.57. The van der Waals surface area contributed by atoms with Crippen molar-refractivity contribution in [2.45, 2.75) is 17.2 Å². The van der Waals surface area contributed by atoms with Gasteiger partial charge in [-0.2, -0.15) is 0 Å². The largest absolute Gasteiger partial charge is 0.296 e. The van der Waals surface area contributed by atoms with Crippen molar-refractivity contribution in [3.8, 4) is 0 Å². The number of Topliss-reactive ketones (excluding diaryl/α,β-unsaturated/α-hetero) is 1. The number of ketones is 1. The Labute approximate surface area is 51.6 Å². The Balaban J connectivity index is 2.44. The molecule has 0 aliphatic heterocycles. The number of hydrogen-bond donors (Lipinski definition) is 0. The van der Waals surface area contributed by atoms with Crippen LogP contribution in [0.3, 0.4) is 0 Å². The zero-order chi connectivity index (χ0) is 5.44. The Morgan fingerprint density at radius 2 is 1.86 bits per heavy atom. The van der Waals surface area contributed by atoms with E-state index in [1.807, 2.05) is 0 Å². The van der Waals surface area contributed by atoms with Crippen LogP contribution in [0.5, 0.6) is 0 Å². The average Bonchev–Trinajstić information content (AvgIpc) is 1.68. The summed E-state index contributed by atoms with van der Waals surface area (Å²) in [6.07, 6.45) is 0.641. The minimum Gasteiger partial charge on any atom is -0.296 e. The Morgan fingerprint density at radius 3 is 1.86 bits per heavy atom. The summed E-state index contributed by atoms with van der Waals surface area (Å²) < 4.78 is 0. The molecule has 2 atom stereocenters. The molecule has 7 heavy (non-hydrogen) atoms. The fourth-order valence-corrected chi connectivity index (χ4v) is 1.27. The van der Waals surface area contributed by atoms with Gasteiger partial charge >= 0.3 is 0 Å². The van der Waals surface area contributed by atoms with E-state index in [1.165, 1.54) is 0 Å². The molecule has 1 aliphatic carbocycles. The fraction of sp³-hybridized carbons (Fsp3) is 0.750. The third-order valence-corrected chi connectivity index (χ3v) is 1.82. The second-order valence-corrected chi connectivity index (χ2v) is 2.63. The highest BCUT2D eigenvalue weighted by atomic mass is 35.5. The first kappa shape index (κ1) is 5.39. The molecule has 0 spiro atoms. The zero-order valence-corrected chi connectivity index (χ0v) is 5.04. The predicted octanol–water partition coefficient (Wildman–Crippen LogP) is 1.17. The van der Waals surface area contributed by atoms with Crippen LogP contribution in [0.4, 0.5) is 0 Å². The SMILES string of the molecule is O=C1C(Cl)CC1Cl. The van der Waals surface area contributed by atoms with E-state index in [9.17, 15) is 4.79 Å². The van der Waals surface area contributed by atoms with Gasteiger partial charge in [0.2, 0.25) is 0 Å².